The van der Waals surface area contributed by atoms with E-state index in [0.29, 0.717) is 6.54 Å². The lowest BCUT2D eigenvalue weighted by Gasteiger charge is -2.19. The molecule has 1 unspecified atom stereocenters. The van der Waals surface area contributed by atoms with Crippen molar-refractivity contribution in [3.63, 3.8) is 0 Å². The van der Waals surface area contributed by atoms with Gasteiger partial charge in [0.25, 0.3) is 0 Å². The van der Waals surface area contributed by atoms with Gasteiger partial charge in [0.15, 0.2) is 0 Å². The number of pyridine rings is 1. The van der Waals surface area contributed by atoms with Crippen molar-refractivity contribution in [2.24, 2.45) is 0 Å². The van der Waals surface area contributed by atoms with Gasteiger partial charge in [-0.3, -0.25) is 4.79 Å². The van der Waals surface area contributed by atoms with Crippen molar-refractivity contribution < 1.29 is 9.53 Å². The molecule has 4 rings (SSSR count). The lowest BCUT2D eigenvalue weighted by atomic mass is 10.1. The van der Waals surface area contributed by atoms with Crippen molar-refractivity contribution in [3.8, 4) is 17.0 Å². The first-order valence-corrected chi connectivity index (χ1v) is 11.1. The topological polar surface area (TPSA) is 71.9 Å². The Morgan fingerprint density at radius 2 is 2.10 bits per heavy atom. The molecule has 1 aromatic carbocycles. The predicted molar refractivity (Wildman–Crippen MR) is 125 cm³/mol. The fourth-order valence-electron chi connectivity index (χ4n) is 4.10. The number of unbranched alkanes of at least 4 members (excludes halogenated alkanes) is 1. The summed E-state index contributed by atoms with van der Waals surface area (Å²) >= 11 is 0. The molecule has 162 valence electrons. The highest BCUT2D eigenvalue weighted by Gasteiger charge is 2.24. The smallest absolute Gasteiger partial charge is 0.243 e. The largest absolute Gasteiger partial charge is 0.497 e. The van der Waals surface area contributed by atoms with E-state index in [1.165, 1.54) is 0 Å². The number of hydrogen-bond acceptors (Lipinski definition) is 3. The Morgan fingerprint density at radius 1 is 1.23 bits per heavy atom. The maximum Gasteiger partial charge on any atom is 0.243 e. The quantitative estimate of drug-likeness (QED) is 0.380. The number of rotatable bonds is 9. The van der Waals surface area contributed by atoms with Gasteiger partial charge in [0.2, 0.25) is 5.91 Å². The fourth-order valence-corrected chi connectivity index (χ4v) is 4.10. The summed E-state index contributed by atoms with van der Waals surface area (Å²) in [5, 5.41) is 5.21. The van der Waals surface area contributed by atoms with Gasteiger partial charge < -0.3 is 19.6 Å². The molecule has 4 aromatic rings. The van der Waals surface area contributed by atoms with Crippen LogP contribution in [0.15, 0.2) is 48.8 Å². The molecule has 0 aliphatic heterocycles. The van der Waals surface area contributed by atoms with Crippen LogP contribution in [0.2, 0.25) is 0 Å². The summed E-state index contributed by atoms with van der Waals surface area (Å²) in [4.78, 5) is 21.0. The number of carbonyl (C=O) groups excluding carboxylic acids is 1. The molecule has 0 fully saturated rings. The zero-order valence-corrected chi connectivity index (χ0v) is 18.4. The number of amides is 1. The third-order valence-electron chi connectivity index (χ3n) is 5.74. The molecule has 0 bridgehead atoms. The van der Waals surface area contributed by atoms with Crippen LogP contribution in [0, 0.1) is 0 Å². The third-order valence-corrected chi connectivity index (χ3v) is 5.74. The van der Waals surface area contributed by atoms with Gasteiger partial charge in [0.1, 0.15) is 17.4 Å². The summed E-state index contributed by atoms with van der Waals surface area (Å²) in [6.07, 6.45) is 7.64. The molecule has 6 heteroatoms. The Balaban J connectivity index is 1.87. The number of carbonyl (C=O) groups is 1. The van der Waals surface area contributed by atoms with E-state index in [2.05, 4.69) is 46.0 Å². The molecular formula is C25H30N4O2. The lowest BCUT2D eigenvalue weighted by Crippen LogP contribution is -2.32. The van der Waals surface area contributed by atoms with E-state index in [1.54, 1.807) is 13.3 Å². The van der Waals surface area contributed by atoms with Gasteiger partial charge in [0, 0.05) is 46.5 Å². The van der Waals surface area contributed by atoms with Gasteiger partial charge in [-0.25, -0.2) is 4.98 Å². The highest BCUT2D eigenvalue weighted by molar-refractivity contribution is 5.99. The van der Waals surface area contributed by atoms with E-state index in [4.69, 9.17) is 4.74 Å². The Morgan fingerprint density at radius 3 is 2.84 bits per heavy atom. The van der Waals surface area contributed by atoms with Crippen LogP contribution in [-0.4, -0.2) is 34.1 Å². The second-order valence-electron chi connectivity index (χ2n) is 7.91. The minimum Gasteiger partial charge on any atom is -0.497 e. The van der Waals surface area contributed by atoms with Crippen LogP contribution >= 0.6 is 0 Å². The maximum absolute atomic E-state index is 13.1. The number of aromatic nitrogens is 3. The predicted octanol–water partition coefficient (Wildman–Crippen LogP) is 5.45. The van der Waals surface area contributed by atoms with Crippen molar-refractivity contribution in [2.45, 2.75) is 45.6 Å². The third kappa shape index (κ3) is 4.15. The van der Waals surface area contributed by atoms with Crippen LogP contribution in [0.1, 0.15) is 45.6 Å². The van der Waals surface area contributed by atoms with Crippen LogP contribution in [0.5, 0.6) is 5.75 Å². The molecule has 0 radical (unpaired) electrons. The summed E-state index contributed by atoms with van der Waals surface area (Å²) in [6.45, 7) is 4.91. The number of hydrogen-bond donors (Lipinski definition) is 2. The molecule has 3 aromatic heterocycles. The average molecular weight is 419 g/mol. The molecule has 0 aliphatic rings. The Bertz CT molecular complexity index is 1160. The number of H-pyrrole nitrogens is 1. The van der Waals surface area contributed by atoms with Crippen LogP contribution in [0.25, 0.3) is 33.2 Å². The van der Waals surface area contributed by atoms with E-state index in [-0.39, 0.29) is 11.9 Å². The number of nitrogens with zero attached hydrogens (tertiary/aromatic N) is 2. The standard InChI is InChI=1S/C25H30N4O2/c1-4-6-9-23(25(30)27-12-5-2)29-16-20(19-15-18(31-3)10-11-22(19)29)21-14-17-8-7-13-26-24(17)28-21/h7-8,10-11,13-16,23H,4-6,9,12H2,1-3H3,(H,26,28)(H,27,30). The number of aromatic amines is 1. The number of ether oxygens (including phenoxy) is 1. The Labute approximate surface area is 182 Å². The molecule has 0 aliphatic carbocycles. The molecule has 1 amide bonds. The first-order valence-electron chi connectivity index (χ1n) is 11.1. The van der Waals surface area contributed by atoms with E-state index < -0.39 is 0 Å². The molecular weight excluding hydrogens is 388 g/mol. The summed E-state index contributed by atoms with van der Waals surface area (Å²) in [5.74, 6) is 0.870. The molecule has 1 atom stereocenters. The van der Waals surface area contributed by atoms with Crippen molar-refractivity contribution in [2.75, 3.05) is 13.7 Å². The molecule has 0 saturated heterocycles. The number of nitrogens with one attached hydrogen (secondary N) is 2. The van der Waals surface area contributed by atoms with E-state index in [0.717, 1.165) is 64.6 Å². The number of fused-ring (bicyclic) bond motifs is 2. The highest BCUT2D eigenvalue weighted by Crippen LogP contribution is 2.36. The van der Waals surface area contributed by atoms with Crippen molar-refractivity contribution >= 4 is 27.8 Å². The van der Waals surface area contributed by atoms with Crippen molar-refractivity contribution in [3.05, 3.63) is 48.8 Å². The fraction of sp³-hybridized carbons (Fsp3) is 0.360. The van der Waals surface area contributed by atoms with Gasteiger partial charge in [-0.2, -0.15) is 0 Å². The molecule has 31 heavy (non-hydrogen) atoms. The van der Waals surface area contributed by atoms with Gasteiger partial charge >= 0.3 is 0 Å². The van der Waals surface area contributed by atoms with Gasteiger partial charge in [-0.15, -0.1) is 0 Å². The first-order chi connectivity index (χ1) is 15.2. The van der Waals surface area contributed by atoms with Gasteiger partial charge in [0.05, 0.1) is 7.11 Å². The van der Waals surface area contributed by atoms with Crippen molar-refractivity contribution in [1.29, 1.82) is 0 Å². The van der Waals surface area contributed by atoms with E-state index in [1.807, 2.05) is 30.3 Å². The average Bonchev–Trinajstić information content (AvgIpc) is 3.39. The minimum absolute atomic E-state index is 0.0767. The Kier molecular flexibility index (Phi) is 6.26. The number of benzene rings is 1. The molecule has 0 saturated carbocycles. The Hall–Kier alpha value is -3.28. The first kappa shape index (κ1) is 21.0. The zero-order valence-electron chi connectivity index (χ0n) is 18.4. The maximum atomic E-state index is 13.1. The van der Waals surface area contributed by atoms with Gasteiger partial charge in [-0.1, -0.05) is 26.7 Å². The lowest BCUT2D eigenvalue weighted by molar-refractivity contribution is -0.124. The van der Waals surface area contributed by atoms with E-state index in [9.17, 15) is 4.79 Å². The molecule has 2 N–H and O–H groups in total. The molecule has 3 heterocycles. The normalized spacial score (nSPS) is 12.4. The summed E-state index contributed by atoms with van der Waals surface area (Å²) < 4.78 is 7.62. The van der Waals surface area contributed by atoms with Crippen LogP contribution in [0.3, 0.4) is 0 Å². The second kappa shape index (κ2) is 9.25. The number of methoxy groups -OCH3 is 1. The summed E-state index contributed by atoms with van der Waals surface area (Å²) in [6, 6.07) is 11.9. The monoisotopic (exact) mass is 418 g/mol. The van der Waals surface area contributed by atoms with Crippen molar-refractivity contribution in [1.82, 2.24) is 19.9 Å². The van der Waals surface area contributed by atoms with E-state index >= 15 is 0 Å². The second-order valence-corrected chi connectivity index (χ2v) is 7.91. The van der Waals surface area contributed by atoms with Crippen LogP contribution < -0.4 is 10.1 Å². The molecule has 6 nitrogen and oxygen atoms in total. The minimum atomic E-state index is -0.251. The zero-order chi connectivity index (χ0) is 21.8. The van der Waals surface area contributed by atoms with Crippen LogP contribution in [0.4, 0.5) is 0 Å². The highest BCUT2D eigenvalue weighted by atomic mass is 16.5. The summed E-state index contributed by atoms with van der Waals surface area (Å²) in [7, 11) is 1.67. The van der Waals surface area contributed by atoms with Gasteiger partial charge in [-0.05, 0) is 49.2 Å². The SMILES string of the molecule is CCCCC(C(=O)NCCC)n1cc(-c2cc3cccnc3[nH]2)c2cc(OC)ccc21. The van der Waals surface area contributed by atoms with Crippen LogP contribution in [-0.2, 0) is 4.79 Å². The molecule has 0 spiro atoms. The summed E-state index contributed by atoms with van der Waals surface area (Å²) in [5.41, 5.74) is 3.89.